The van der Waals surface area contributed by atoms with Crippen molar-refractivity contribution in [3.05, 3.63) is 65.2 Å². The van der Waals surface area contributed by atoms with Gasteiger partial charge in [-0.15, -0.1) is 0 Å². The summed E-state index contributed by atoms with van der Waals surface area (Å²) >= 11 is 1.77. The van der Waals surface area contributed by atoms with Gasteiger partial charge < -0.3 is 19.6 Å². The van der Waals surface area contributed by atoms with Crippen LogP contribution in [0.4, 0.5) is 5.69 Å². The molecule has 6 nitrogen and oxygen atoms in total. The second kappa shape index (κ2) is 8.57. The van der Waals surface area contributed by atoms with Crippen molar-refractivity contribution in [1.82, 2.24) is 9.21 Å². The molecule has 0 aromatic heterocycles. The summed E-state index contributed by atoms with van der Waals surface area (Å²) in [5.41, 5.74) is 4.69. The molecule has 162 valence electrons. The smallest absolute Gasteiger partial charge is 0.233 e. The second-order valence-electron chi connectivity index (χ2n) is 8.34. The fourth-order valence-corrected chi connectivity index (χ4v) is 5.57. The number of benzene rings is 2. The monoisotopic (exact) mass is 437 g/mol. The molecule has 0 radical (unpaired) electrons. The van der Waals surface area contributed by atoms with Gasteiger partial charge in [-0.25, -0.2) is 4.31 Å². The van der Waals surface area contributed by atoms with Crippen LogP contribution in [0.1, 0.15) is 11.5 Å². The van der Waals surface area contributed by atoms with Crippen LogP contribution in [-0.4, -0.2) is 73.2 Å². The first kappa shape index (κ1) is 20.4. The van der Waals surface area contributed by atoms with Crippen LogP contribution in [0.3, 0.4) is 0 Å². The van der Waals surface area contributed by atoms with Crippen molar-refractivity contribution >= 4 is 23.5 Å². The van der Waals surface area contributed by atoms with Gasteiger partial charge in [-0.2, -0.15) is 0 Å². The standard InChI is InChI=1S/C24H27N3O3S/c1-25-9-10-30-23-8-7-20(11-22(23)25)31-27-14-18-12-26(13-19(18)15-27)24(29)21(16-28)17-5-3-2-4-6-17/h2-8,11,21,28H,9-10,12-16H2,1H3. The van der Waals surface area contributed by atoms with Crippen LogP contribution in [0.15, 0.2) is 64.6 Å². The molecule has 5 rings (SSSR count). The van der Waals surface area contributed by atoms with Crippen molar-refractivity contribution in [2.45, 2.75) is 10.8 Å². The average Bonchev–Trinajstić information content (AvgIpc) is 3.34. The molecule has 1 unspecified atom stereocenters. The quantitative estimate of drug-likeness (QED) is 0.574. The van der Waals surface area contributed by atoms with Gasteiger partial charge in [-0.1, -0.05) is 30.3 Å². The van der Waals surface area contributed by atoms with E-state index in [0.717, 1.165) is 43.2 Å². The lowest BCUT2D eigenvalue weighted by atomic mass is 9.98. The van der Waals surface area contributed by atoms with Crippen LogP contribution in [-0.2, 0) is 4.79 Å². The fourth-order valence-electron chi connectivity index (χ4n) is 4.53. The van der Waals surface area contributed by atoms with E-state index < -0.39 is 5.92 Å². The maximum Gasteiger partial charge on any atom is 0.233 e. The van der Waals surface area contributed by atoms with Crippen LogP contribution >= 0.6 is 11.9 Å². The van der Waals surface area contributed by atoms with Gasteiger partial charge in [0.2, 0.25) is 5.91 Å². The number of rotatable bonds is 5. The Bertz CT molecular complexity index is 992. The van der Waals surface area contributed by atoms with Crippen molar-refractivity contribution in [3.8, 4) is 5.75 Å². The van der Waals surface area contributed by atoms with Crippen molar-refractivity contribution < 1.29 is 14.6 Å². The number of aliphatic hydroxyl groups excluding tert-OH is 1. The normalized spacial score (nSPS) is 19.3. The summed E-state index contributed by atoms with van der Waals surface area (Å²) in [7, 11) is 2.10. The Morgan fingerprint density at radius 2 is 1.84 bits per heavy atom. The third kappa shape index (κ3) is 4.05. The van der Waals surface area contributed by atoms with E-state index in [2.05, 4.69) is 34.5 Å². The van der Waals surface area contributed by atoms with Gasteiger partial charge >= 0.3 is 0 Å². The number of carbonyl (C=O) groups excluding carboxylic acids is 1. The molecule has 0 fully saturated rings. The van der Waals surface area contributed by atoms with E-state index in [9.17, 15) is 9.90 Å². The predicted molar refractivity (Wildman–Crippen MR) is 123 cm³/mol. The number of amides is 1. The number of carbonyl (C=O) groups is 1. The summed E-state index contributed by atoms with van der Waals surface area (Å²) < 4.78 is 8.11. The molecule has 1 N–H and O–H groups in total. The minimum absolute atomic E-state index is 0.0139. The minimum atomic E-state index is -0.485. The van der Waals surface area contributed by atoms with E-state index in [4.69, 9.17) is 4.74 Å². The van der Waals surface area contributed by atoms with E-state index in [-0.39, 0.29) is 12.5 Å². The van der Waals surface area contributed by atoms with Gasteiger partial charge in [-0.3, -0.25) is 4.79 Å². The molecular weight excluding hydrogens is 410 g/mol. The molecule has 0 aliphatic carbocycles. The Labute approximate surface area is 187 Å². The maximum atomic E-state index is 13.1. The molecule has 31 heavy (non-hydrogen) atoms. The van der Waals surface area contributed by atoms with E-state index in [1.807, 2.05) is 35.2 Å². The van der Waals surface area contributed by atoms with Crippen molar-refractivity contribution in [2.24, 2.45) is 0 Å². The zero-order valence-electron chi connectivity index (χ0n) is 17.7. The highest BCUT2D eigenvalue weighted by atomic mass is 32.2. The number of likely N-dealkylation sites (N-methyl/N-ethyl adjacent to an activating group) is 1. The summed E-state index contributed by atoms with van der Waals surface area (Å²) in [4.78, 5) is 18.4. The average molecular weight is 438 g/mol. The van der Waals surface area contributed by atoms with E-state index in [0.29, 0.717) is 13.1 Å². The number of nitrogens with zero attached hydrogens (tertiary/aromatic N) is 3. The van der Waals surface area contributed by atoms with Crippen molar-refractivity contribution in [1.29, 1.82) is 0 Å². The number of hydrogen-bond acceptors (Lipinski definition) is 6. The highest BCUT2D eigenvalue weighted by Crippen LogP contribution is 2.38. The second-order valence-corrected chi connectivity index (χ2v) is 9.51. The molecule has 3 aliphatic heterocycles. The number of aliphatic hydroxyl groups is 1. The lowest BCUT2D eigenvalue weighted by Crippen LogP contribution is -2.37. The first-order chi connectivity index (χ1) is 15.1. The zero-order chi connectivity index (χ0) is 21.4. The molecule has 0 spiro atoms. The summed E-state index contributed by atoms with van der Waals surface area (Å²) in [5.74, 6) is 0.479. The molecule has 0 saturated carbocycles. The summed E-state index contributed by atoms with van der Waals surface area (Å²) in [6.45, 7) is 4.52. The Balaban J connectivity index is 1.20. The van der Waals surface area contributed by atoms with Crippen LogP contribution in [0, 0.1) is 0 Å². The zero-order valence-corrected chi connectivity index (χ0v) is 18.5. The minimum Gasteiger partial charge on any atom is -0.490 e. The van der Waals surface area contributed by atoms with E-state index in [1.54, 1.807) is 11.9 Å². The van der Waals surface area contributed by atoms with Crippen molar-refractivity contribution in [3.63, 3.8) is 0 Å². The Hall–Kier alpha value is -2.48. The summed E-state index contributed by atoms with van der Waals surface area (Å²) in [6.07, 6.45) is 0. The Morgan fingerprint density at radius 3 is 2.55 bits per heavy atom. The molecule has 7 heteroatoms. The topological polar surface area (TPSA) is 56.2 Å². The van der Waals surface area contributed by atoms with Gasteiger partial charge in [-0.05, 0) is 46.9 Å². The van der Waals surface area contributed by atoms with Gasteiger partial charge in [0.05, 0.1) is 24.8 Å². The summed E-state index contributed by atoms with van der Waals surface area (Å²) in [5, 5.41) is 9.84. The number of ether oxygens (including phenoxy) is 1. The lowest BCUT2D eigenvalue weighted by molar-refractivity contribution is -0.132. The van der Waals surface area contributed by atoms with E-state index >= 15 is 0 Å². The van der Waals surface area contributed by atoms with Gasteiger partial charge in [0.1, 0.15) is 12.4 Å². The fraction of sp³-hybridized carbons (Fsp3) is 0.375. The van der Waals surface area contributed by atoms with Crippen LogP contribution in [0.25, 0.3) is 0 Å². The van der Waals surface area contributed by atoms with Gasteiger partial charge in [0.25, 0.3) is 0 Å². The number of fused-ring (bicyclic) bond motifs is 1. The molecular formula is C24H27N3O3S. The van der Waals surface area contributed by atoms with Crippen LogP contribution < -0.4 is 9.64 Å². The highest BCUT2D eigenvalue weighted by molar-refractivity contribution is 7.97. The molecule has 3 heterocycles. The third-order valence-electron chi connectivity index (χ3n) is 6.25. The Kier molecular flexibility index (Phi) is 5.65. The maximum absolute atomic E-state index is 13.1. The first-order valence-electron chi connectivity index (χ1n) is 10.7. The van der Waals surface area contributed by atoms with E-state index in [1.165, 1.54) is 16.0 Å². The summed E-state index contributed by atoms with van der Waals surface area (Å²) in [6, 6.07) is 15.9. The highest BCUT2D eigenvalue weighted by Gasteiger charge is 2.35. The van der Waals surface area contributed by atoms with Gasteiger partial charge in [0.15, 0.2) is 0 Å². The SMILES string of the molecule is CN1CCOc2ccc(SN3CC4=C(C3)CN(C(=O)C(CO)c3ccccc3)C4)cc21. The lowest BCUT2D eigenvalue weighted by Gasteiger charge is -2.28. The third-order valence-corrected chi connectivity index (χ3v) is 7.23. The molecule has 1 amide bonds. The van der Waals surface area contributed by atoms with Crippen LogP contribution in [0.5, 0.6) is 5.75 Å². The number of anilines is 1. The molecule has 2 aromatic rings. The van der Waals surface area contributed by atoms with Crippen LogP contribution in [0.2, 0.25) is 0 Å². The molecule has 0 saturated heterocycles. The number of hydrogen-bond donors (Lipinski definition) is 1. The molecule has 1 atom stereocenters. The van der Waals surface area contributed by atoms with Gasteiger partial charge in [0, 0.05) is 38.1 Å². The molecule has 3 aliphatic rings. The molecule has 0 bridgehead atoms. The first-order valence-corrected chi connectivity index (χ1v) is 11.4. The largest absolute Gasteiger partial charge is 0.490 e. The van der Waals surface area contributed by atoms with Crippen molar-refractivity contribution in [2.75, 3.05) is 57.9 Å². The Morgan fingerprint density at radius 1 is 1.10 bits per heavy atom. The molecule has 2 aromatic carbocycles. The predicted octanol–water partition coefficient (Wildman–Crippen LogP) is 2.75.